The summed E-state index contributed by atoms with van der Waals surface area (Å²) in [6.45, 7) is 6.04. The molecule has 2 rings (SSSR count). The Morgan fingerprint density at radius 3 is 2.52 bits per heavy atom. The largest absolute Gasteiger partial charge is 0.480 e. The highest BCUT2D eigenvalue weighted by atomic mass is 35.5. The molecule has 0 aliphatic carbocycles. The van der Waals surface area contributed by atoms with Crippen LogP contribution < -0.4 is 5.32 Å². The molecule has 7 heteroatoms. The molecule has 6 nitrogen and oxygen atoms in total. The van der Waals surface area contributed by atoms with Gasteiger partial charge in [-0.2, -0.15) is 0 Å². The number of carboxylic acids is 1. The number of alkyl carbamates (subject to hydrolysis) is 1. The summed E-state index contributed by atoms with van der Waals surface area (Å²) in [5, 5.41) is 12.5. The minimum atomic E-state index is -0.878. The Bertz CT molecular complexity index is 574. The number of nitrogens with zero attached hydrogens (tertiary/aromatic N) is 1. The molecule has 2 atom stereocenters. The zero-order valence-electron chi connectivity index (χ0n) is 14.9. The first-order valence-corrected chi connectivity index (χ1v) is 8.28. The van der Waals surface area contributed by atoms with Crippen LogP contribution in [0.15, 0.2) is 30.3 Å². The molecule has 0 aromatic heterocycles. The standard InChI is InChI=1S/C18H26N2O4.ClH/c1-18(2,3)24-17(23)19-15-10-7-11-20(15)14(16(21)22)12-13-8-5-4-6-9-13;/h4-6,8-9,14-15H,7,10-12H2,1-3H3,(H,19,23)(H,21,22);1H/t14?,15-;/m1./s1. The second kappa shape index (κ2) is 9.06. The fourth-order valence-electron chi connectivity index (χ4n) is 2.94. The van der Waals surface area contributed by atoms with Gasteiger partial charge >= 0.3 is 12.1 Å². The van der Waals surface area contributed by atoms with Crippen molar-refractivity contribution in [3.63, 3.8) is 0 Å². The fourth-order valence-corrected chi connectivity index (χ4v) is 2.94. The number of carboxylic acid groups (broad SMARTS) is 1. The van der Waals surface area contributed by atoms with E-state index in [2.05, 4.69) is 5.32 Å². The number of carbonyl (C=O) groups is 2. The number of ether oxygens (including phenoxy) is 1. The molecule has 0 bridgehead atoms. The number of carbonyl (C=O) groups excluding carboxylic acids is 1. The molecule has 1 unspecified atom stereocenters. The smallest absolute Gasteiger partial charge is 0.408 e. The van der Waals surface area contributed by atoms with E-state index >= 15 is 0 Å². The van der Waals surface area contributed by atoms with Crippen LogP contribution in [0.4, 0.5) is 4.79 Å². The van der Waals surface area contributed by atoms with Crippen LogP contribution in [-0.4, -0.2) is 46.4 Å². The molecule has 25 heavy (non-hydrogen) atoms. The fraction of sp³-hybridized carbons (Fsp3) is 0.556. The van der Waals surface area contributed by atoms with E-state index in [-0.39, 0.29) is 18.6 Å². The van der Waals surface area contributed by atoms with Crippen LogP contribution in [0.25, 0.3) is 0 Å². The Balaban J connectivity index is 0.00000312. The summed E-state index contributed by atoms with van der Waals surface area (Å²) in [6, 6.07) is 8.87. The van der Waals surface area contributed by atoms with Crippen LogP contribution in [-0.2, 0) is 16.0 Å². The molecule has 0 radical (unpaired) electrons. The first-order valence-electron chi connectivity index (χ1n) is 8.28. The molecule has 1 aliphatic rings. The van der Waals surface area contributed by atoms with Gasteiger partial charge in [0.2, 0.25) is 0 Å². The van der Waals surface area contributed by atoms with Crippen molar-refractivity contribution in [3.8, 4) is 0 Å². The third-order valence-electron chi connectivity index (χ3n) is 3.93. The normalized spacial score (nSPS) is 18.9. The average molecular weight is 371 g/mol. The van der Waals surface area contributed by atoms with Gasteiger partial charge < -0.3 is 15.2 Å². The molecule has 0 saturated carbocycles. The number of hydrogen-bond donors (Lipinski definition) is 2. The van der Waals surface area contributed by atoms with E-state index in [0.29, 0.717) is 13.0 Å². The summed E-state index contributed by atoms with van der Waals surface area (Å²) in [5.41, 5.74) is 0.386. The highest BCUT2D eigenvalue weighted by Gasteiger charge is 2.36. The molecule has 1 amide bonds. The van der Waals surface area contributed by atoms with Crippen molar-refractivity contribution >= 4 is 24.5 Å². The summed E-state index contributed by atoms with van der Waals surface area (Å²) in [7, 11) is 0. The van der Waals surface area contributed by atoms with Crippen LogP contribution >= 0.6 is 12.4 Å². The predicted octanol–water partition coefficient (Wildman–Crippen LogP) is 3.05. The highest BCUT2D eigenvalue weighted by molar-refractivity contribution is 5.85. The minimum absolute atomic E-state index is 0. The Kier molecular flexibility index (Phi) is 7.70. The molecule has 1 fully saturated rings. The van der Waals surface area contributed by atoms with Gasteiger partial charge in [-0.15, -0.1) is 12.4 Å². The van der Waals surface area contributed by atoms with Gasteiger partial charge in [0, 0.05) is 6.54 Å². The molecule has 1 saturated heterocycles. The lowest BCUT2D eigenvalue weighted by Gasteiger charge is -2.31. The van der Waals surface area contributed by atoms with Crippen LogP contribution in [0.3, 0.4) is 0 Å². The number of amides is 1. The lowest BCUT2D eigenvalue weighted by Crippen LogP contribution is -2.53. The van der Waals surface area contributed by atoms with E-state index in [1.807, 2.05) is 35.2 Å². The average Bonchev–Trinajstić information content (AvgIpc) is 2.91. The van der Waals surface area contributed by atoms with Gasteiger partial charge in [-0.05, 0) is 45.6 Å². The second-order valence-corrected chi connectivity index (χ2v) is 7.09. The van der Waals surface area contributed by atoms with Crippen molar-refractivity contribution in [1.29, 1.82) is 0 Å². The SMILES string of the molecule is CC(C)(C)OC(=O)N[C@H]1CCCN1C(Cc1ccccc1)C(=O)O.Cl. The molecule has 0 spiro atoms. The third-order valence-corrected chi connectivity index (χ3v) is 3.93. The third kappa shape index (κ3) is 6.55. The van der Waals surface area contributed by atoms with E-state index in [1.54, 1.807) is 20.8 Å². The Labute approximate surface area is 154 Å². The molecular formula is C18H27ClN2O4. The quantitative estimate of drug-likeness (QED) is 0.832. The maximum absolute atomic E-state index is 12.0. The number of likely N-dealkylation sites (tertiary alicyclic amines) is 1. The Morgan fingerprint density at radius 2 is 1.96 bits per heavy atom. The van der Waals surface area contributed by atoms with E-state index in [9.17, 15) is 14.7 Å². The lowest BCUT2D eigenvalue weighted by atomic mass is 10.0. The predicted molar refractivity (Wildman–Crippen MR) is 97.9 cm³/mol. The van der Waals surface area contributed by atoms with E-state index < -0.39 is 23.7 Å². The topological polar surface area (TPSA) is 78.9 Å². The monoisotopic (exact) mass is 370 g/mol. The minimum Gasteiger partial charge on any atom is -0.480 e. The summed E-state index contributed by atoms with van der Waals surface area (Å²) >= 11 is 0. The van der Waals surface area contributed by atoms with Gasteiger partial charge in [-0.25, -0.2) is 4.79 Å². The van der Waals surface area contributed by atoms with Crippen LogP contribution in [0.1, 0.15) is 39.2 Å². The summed E-state index contributed by atoms with van der Waals surface area (Å²) < 4.78 is 5.28. The summed E-state index contributed by atoms with van der Waals surface area (Å²) in [5.74, 6) is -0.878. The van der Waals surface area contributed by atoms with Crippen LogP contribution in [0.5, 0.6) is 0 Å². The van der Waals surface area contributed by atoms with Gasteiger partial charge in [0.15, 0.2) is 0 Å². The van der Waals surface area contributed by atoms with Gasteiger partial charge in [0.1, 0.15) is 11.6 Å². The molecule has 1 aromatic carbocycles. The second-order valence-electron chi connectivity index (χ2n) is 7.09. The van der Waals surface area contributed by atoms with Crippen molar-refractivity contribution in [2.24, 2.45) is 0 Å². The van der Waals surface area contributed by atoms with E-state index in [0.717, 1.165) is 18.4 Å². The van der Waals surface area contributed by atoms with E-state index in [4.69, 9.17) is 4.74 Å². The zero-order valence-corrected chi connectivity index (χ0v) is 15.7. The zero-order chi connectivity index (χ0) is 17.7. The maximum Gasteiger partial charge on any atom is 0.408 e. The number of aliphatic carboxylic acids is 1. The van der Waals surface area contributed by atoms with Crippen LogP contribution in [0, 0.1) is 0 Å². The Hall–Kier alpha value is -1.79. The summed E-state index contributed by atoms with van der Waals surface area (Å²) in [6.07, 6.45) is 1.15. The van der Waals surface area contributed by atoms with Crippen LogP contribution in [0.2, 0.25) is 0 Å². The molecule has 1 heterocycles. The van der Waals surface area contributed by atoms with Gasteiger partial charge in [-0.1, -0.05) is 30.3 Å². The summed E-state index contributed by atoms with van der Waals surface area (Å²) in [4.78, 5) is 25.6. The maximum atomic E-state index is 12.0. The van der Waals surface area contributed by atoms with E-state index in [1.165, 1.54) is 0 Å². The Morgan fingerprint density at radius 1 is 1.32 bits per heavy atom. The molecule has 1 aromatic rings. The van der Waals surface area contributed by atoms with Gasteiger partial charge in [0.25, 0.3) is 0 Å². The van der Waals surface area contributed by atoms with Crippen molar-refractivity contribution in [1.82, 2.24) is 10.2 Å². The van der Waals surface area contributed by atoms with Gasteiger partial charge in [-0.3, -0.25) is 9.69 Å². The first kappa shape index (κ1) is 21.3. The first-order chi connectivity index (χ1) is 11.3. The highest BCUT2D eigenvalue weighted by Crippen LogP contribution is 2.21. The number of hydrogen-bond acceptors (Lipinski definition) is 4. The molecule has 2 N–H and O–H groups in total. The number of nitrogens with one attached hydrogen (secondary N) is 1. The lowest BCUT2D eigenvalue weighted by molar-refractivity contribution is -0.144. The van der Waals surface area contributed by atoms with Crippen molar-refractivity contribution < 1.29 is 19.4 Å². The molecule has 140 valence electrons. The number of rotatable bonds is 5. The number of benzene rings is 1. The molecule has 1 aliphatic heterocycles. The van der Waals surface area contributed by atoms with Gasteiger partial charge in [0.05, 0.1) is 6.17 Å². The van der Waals surface area contributed by atoms with Crippen molar-refractivity contribution in [2.75, 3.05) is 6.54 Å². The number of halogens is 1. The van der Waals surface area contributed by atoms with Crippen molar-refractivity contribution in [3.05, 3.63) is 35.9 Å². The molecular weight excluding hydrogens is 344 g/mol. The van der Waals surface area contributed by atoms with Crippen molar-refractivity contribution in [2.45, 2.75) is 57.8 Å².